The molecule has 1 N–H and O–H groups in total. The number of anilines is 1. The molecule has 184 valence electrons. The van der Waals surface area contributed by atoms with Crippen molar-refractivity contribution >= 4 is 27.6 Å². The van der Waals surface area contributed by atoms with E-state index in [4.69, 9.17) is 10.00 Å². The Hall–Kier alpha value is -4.16. The number of benzene rings is 3. The molecule has 0 spiro atoms. The summed E-state index contributed by atoms with van der Waals surface area (Å²) in [6.07, 6.45) is 0. The number of fused-ring (bicyclic) bond motifs is 1. The van der Waals surface area contributed by atoms with Crippen LogP contribution in [-0.4, -0.2) is 38.3 Å². The summed E-state index contributed by atoms with van der Waals surface area (Å²) in [4.78, 5) is 26.9. The molecule has 0 saturated heterocycles. The lowest BCUT2D eigenvalue weighted by Gasteiger charge is -2.28. The molecule has 0 saturated carbocycles. The molecule has 9 heteroatoms. The minimum absolute atomic E-state index is 0.0603. The Balaban J connectivity index is 1.53. The van der Waals surface area contributed by atoms with Crippen molar-refractivity contribution in [2.75, 3.05) is 11.8 Å². The van der Waals surface area contributed by atoms with Crippen LogP contribution in [0.25, 0.3) is 11.1 Å². The average Bonchev–Trinajstić information content (AvgIpc) is 3.19. The van der Waals surface area contributed by atoms with Gasteiger partial charge in [-0.2, -0.15) is 5.26 Å². The maximum absolute atomic E-state index is 13.0. The van der Waals surface area contributed by atoms with Gasteiger partial charge in [-0.1, -0.05) is 32.0 Å². The lowest BCUT2D eigenvalue weighted by molar-refractivity contribution is -0.147. The molecule has 1 heterocycles. The highest BCUT2D eigenvalue weighted by atomic mass is 32.2. The molecule has 0 aliphatic carbocycles. The van der Waals surface area contributed by atoms with E-state index >= 15 is 0 Å². The van der Waals surface area contributed by atoms with E-state index in [1.54, 1.807) is 35.2 Å². The first-order valence-electron chi connectivity index (χ1n) is 11.3. The van der Waals surface area contributed by atoms with Crippen LogP contribution in [0.15, 0.2) is 71.6 Å². The molecule has 1 aliphatic heterocycles. The van der Waals surface area contributed by atoms with Gasteiger partial charge in [0.2, 0.25) is 0 Å². The molecule has 1 aliphatic rings. The Bertz CT molecular complexity index is 1460. The summed E-state index contributed by atoms with van der Waals surface area (Å²) in [5.74, 6) is -0.741. The summed E-state index contributed by atoms with van der Waals surface area (Å²) in [5, 5.41) is 8.89. The Morgan fingerprint density at radius 1 is 1.03 bits per heavy atom. The average molecular weight is 504 g/mol. The minimum Gasteiger partial charge on any atom is -0.467 e. The number of nitriles is 1. The largest absolute Gasteiger partial charge is 0.467 e. The van der Waals surface area contributed by atoms with E-state index in [0.29, 0.717) is 23.4 Å². The van der Waals surface area contributed by atoms with Crippen molar-refractivity contribution in [1.82, 2.24) is 4.90 Å². The van der Waals surface area contributed by atoms with Crippen LogP contribution in [0.4, 0.5) is 5.69 Å². The predicted octanol–water partition coefficient (Wildman–Crippen LogP) is 4.18. The quantitative estimate of drug-likeness (QED) is 0.484. The van der Waals surface area contributed by atoms with Crippen molar-refractivity contribution in [2.24, 2.45) is 5.92 Å². The lowest BCUT2D eigenvalue weighted by Crippen LogP contribution is -2.45. The van der Waals surface area contributed by atoms with Crippen LogP contribution in [0, 0.1) is 17.2 Å². The molecule has 0 aromatic heterocycles. The number of sulfonamides is 1. The van der Waals surface area contributed by atoms with Gasteiger partial charge in [0.1, 0.15) is 6.04 Å². The Morgan fingerprint density at radius 3 is 2.25 bits per heavy atom. The zero-order valence-electron chi connectivity index (χ0n) is 20.1. The SMILES string of the molecule is COC(=O)C(C(C)C)N1Cc2cc(-c3ccc(NS(=O)(=O)c4ccc(C#N)cc4)cc3)ccc2C1=O. The molecule has 0 bridgehead atoms. The minimum atomic E-state index is -3.80. The van der Waals surface area contributed by atoms with Crippen LogP contribution in [-0.2, 0) is 26.1 Å². The van der Waals surface area contributed by atoms with Crippen molar-refractivity contribution < 1.29 is 22.7 Å². The van der Waals surface area contributed by atoms with Gasteiger partial charge in [-0.15, -0.1) is 0 Å². The smallest absolute Gasteiger partial charge is 0.328 e. The lowest BCUT2D eigenvalue weighted by atomic mass is 10.0. The Labute approximate surface area is 210 Å². The number of rotatable bonds is 7. The molecule has 0 fully saturated rings. The molecule has 8 nitrogen and oxygen atoms in total. The fourth-order valence-electron chi connectivity index (χ4n) is 4.28. The summed E-state index contributed by atoms with van der Waals surface area (Å²) in [6, 6.07) is 19.4. The van der Waals surface area contributed by atoms with Crippen LogP contribution < -0.4 is 4.72 Å². The van der Waals surface area contributed by atoms with E-state index in [1.165, 1.54) is 31.4 Å². The normalized spacial score (nSPS) is 13.8. The third-order valence-electron chi connectivity index (χ3n) is 6.11. The first-order chi connectivity index (χ1) is 17.1. The third kappa shape index (κ3) is 4.81. The number of hydrogen-bond acceptors (Lipinski definition) is 6. The maximum atomic E-state index is 13.0. The number of nitrogens with one attached hydrogen (secondary N) is 1. The second-order valence-electron chi connectivity index (χ2n) is 8.84. The van der Waals surface area contributed by atoms with Gasteiger partial charge in [0.15, 0.2) is 0 Å². The van der Waals surface area contributed by atoms with Crippen LogP contribution in [0.3, 0.4) is 0 Å². The fourth-order valence-corrected chi connectivity index (χ4v) is 5.34. The van der Waals surface area contributed by atoms with E-state index in [2.05, 4.69) is 4.72 Å². The zero-order chi connectivity index (χ0) is 26.0. The van der Waals surface area contributed by atoms with Crippen LogP contribution in [0.5, 0.6) is 0 Å². The number of carbonyl (C=O) groups is 2. The third-order valence-corrected chi connectivity index (χ3v) is 7.51. The van der Waals surface area contributed by atoms with Gasteiger partial charge in [0.05, 0.1) is 23.6 Å². The summed E-state index contributed by atoms with van der Waals surface area (Å²) >= 11 is 0. The van der Waals surface area contributed by atoms with E-state index in [-0.39, 0.29) is 16.7 Å². The number of hydrogen-bond donors (Lipinski definition) is 1. The maximum Gasteiger partial charge on any atom is 0.328 e. The van der Waals surface area contributed by atoms with Crippen molar-refractivity contribution in [2.45, 2.75) is 31.3 Å². The van der Waals surface area contributed by atoms with E-state index < -0.39 is 22.0 Å². The number of amides is 1. The monoisotopic (exact) mass is 503 g/mol. The molecule has 36 heavy (non-hydrogen) atoms. The molecular weight excluding hydrogens is 478 g/mol. The second-order valence-corrected chi connectivity index (χ2v) is 10.5. The predicted molar refractivity (Wildman–Crippen MR) is 134 cm³/mol. The van der Waals surface area contributed by atoms with E-state index in [0.717, 1.165) is 16.7 Å². The first-order valence-corrected chi connectivity index (χ1v) is 12.8. The highest BCUT2D eigenvalue weighted by molar-refractivity contribution is 7.92. The highest BCUT2D eigenvalue weighted by Gasteiger charge is 2.38. The summed E-state index contributed by atoms with van der Waals surface area (Å²) in [6.45, 7) is 4.06. The Kier molecular flexibility index (Phi) is 6.82. The first kappa shape index (κ1) is 24.9. The van der Waals surface area contributed by atoms with Crippen LogP contribution >= 0.6 is 0 Å². The van der Waals surface area contributed by atoms with Gasteiger partial charge in [-0.05, 0) is 71.1 Å². The van der Waals surface area contributed by atoms with Crippen molar-refractivity contribution in [3.8, 4) is 17.2 Å². The van der Waals surface area contributed by atoms with Gasteiger partial charge in [0.25, 0.3) is 15.9 Å². The standard InChI is InChI=1S/C27H25N3O5S/c1-17(2)25(27(32)35-3)30-16-21-14-20(8-13-24(21)26(30)31)19-6-9-22(10-7-19)29-36(33,34)23-11-4-18(15-28)5-12-23/h4-14,17,25,29H,16H2,1-3H3. The van der Waals surface area contributed by atoms with Crippen molar-refractivity contribution in [3.05, 3.63) is 83.4 Å². The second kappa shape index (κ2) is 9.84. The molecule has 3 aromatic rings. The topological polar surface area (TPSA) is 117 Å². The number of carbonyl (C=O) groups excluding carboxylic acids is 2. The number of methoxy groups -OCH3 is 1. The van der Waals surface area contributed by atoms with E-state index in [1.807, 2.05) is 32.0 Å². The number of nitrogens with zero attached hydrogens (tertiary/aromatic N) is 2. The molecule has 1 unspecified atom stereocenters. The molecule has 0 radical (unpaired) electrons. The van der Waals surface area contributed by atoms with Gasteiger partial charge < -0.3 is 9.64 Å². The van der Waals surface area contributed by atoms with Gasteiger partial charge in [-0.3, -0.25) is 9.52 Å². The van der Waals surface area contributed by atoms with Crippen LogP contribution in [0.2, 0.25) is 0 Å². The van der Waals surface area contributed by atoms with Gasteiger partial charge in [0, 0.05) is 17.8 Å². The van der Waals surface area contributed by atoms with E-state index in [9.17, 15) is 18.0 Å². The van der Waals surface area contributed by atoms with Crippen molar-refractivity contribution in [1.29, 1.82) is 5.26 Å². The Morgan fingerprint density at radius 2 is 1.67 bits per heavy atom. The fraction of sp³-hybridized carbons (Fsp3) is 0.222. The highest BCUT2D eigenvalue weighted by Crippen LogP contribution is 2.32. The summed E-state index contributed by atoms with van der Waals surface area (Å²) in [7, 11) is -2.48. The molecule has 1 atom stereocenters. The molecular formula is C27H25N3O5S. The summed E-state index contributed by atoms with van der Waals surface area (Å²) in [5.41, 5.74) is 3.85. The molecule has 3 aromatic carbocycles. The van der Waals surface area contributed by atoms with Crippen LogP contribution in [0.1, 0.15) is 35.3 Å². The summed E-state index contributed by atoms with van der Waals surface area (Å²) < 4.78 is 32.8. The molecule has 4 rings (SSSR count). The molecule has 1 amide bonds. The number of esters is 1. The van der Waals surface area contributed by atoms with Gasteiger partial charge in [-0.25, -0.2) is 13.2 Å². The van der Waals surface area contributed by atoms with Gasteiger partial charge >= 0.3 is 5.97 Å². The van der Waals surface area contributed by atoms with Crippen molar-refractivity contribution in [3.63, 3.8) is 0 Å². The zero-order valence-corrected chi connectivity index (χ0v) is 20.9. The number of ether oxygens (including phenoxy) is 1.